The molecule has 0 bridgehead atoms. The van der Waals surface area contributed by atoms with E-state index in [0.29, 0.717) is 18.5 Å². The smallest absolute Gasteiger partial charge is 0.242 e. The lowest BCUT2D eigenvalue weighted by atomic mass is 10.1. The summed E-state index contributed by atoms with van der Waals surface area (Å²) in [6.45, 7) is 1.65. The van der Waals surface area contributed by atoms with Crippen molar-refractivity contribution in [2.75, 3.05) is 12.8 Å². The van der Waals surface area contributed by atoms with Gasteiger partial charge in [-0.3, -0.25) is 9.59 Å². The Morgan fingerprint density at radius 2 is 2.00 bits per heavy atom. The van der Waals surface area contributed by atoms with E-state index < -0.39 is 6.04 Å². The van der Waals surface area contributed by atoms with Crippen molar-refractivity contribution in [1.82, 2.24) is 10.6 Å². The maximum atomic E-state index is 11.6. The molecule has 18 heavy (non-hydrogen) atoms. The number of para-hydroxylation sites is 1. The molecule has 1 atom stereocenters. The van der Waals surface area contributed by atoms with E-state index in [1.807, 2.05) is 18.2 Å². The minimum atomic E-state index is -0.518. The van der Waals surface area contributed by atoms with E-state index in [2.05, 4.69) is 10.6 Å². The normalized spacial score (nSPS) is 11.7. The first kappa shape index (κ1) is 14.0. The molecule has 0 saturated carbocycles. The Balaban J connectivity index is 2.43. The van der Waals surface area contributed by atoms with Crippen LogP contribution in [0.25, 0.3) is 0 Å². The standard InChI is InChI=1S/C13H19N3O2/c1-9(13(18)15-2)16-12(17)8-7-10-5-3-4-6-11(10)14/h3-6,9H,7-8,14H2,1-2H3,(H,15,18)(H,16,17). The molecule has 5 heteroatoms. The van der Waals surface area contributed by atoms with Gasteiger partial charge in [-0.25, -0.2) is 0 Å². The fourth-order valence-electron chi connectivity index (χ4n) is 1.61. The molecule has 0 heterocycles. The van der Waals surface area contributed by atoms with Gasteiger partial charge in [0.05, 0.1) is 0 Å². The van der Waals surface area contributed by atoms with Gasteiger partial charge in [0.2, 0.25) is 11.8 Å². The second-order valence-corrected chi connectivity index (χ2v) is 4.10. The highest BCUT2D eigenvalue weighted by molar-refractivity contribution is 5.87. The molecule has 1 aromatic carbocycles. The molecule has 0 aliphatic heterocycles. The molecule has 98 valence electrons. The maximum absolute atomic E-state index is 11.6. The summed E-state index contributed by atoms with van der Waals surface area (Å²) >= 11 is 0. The first-order valence-electron chi connectivity index (χ1n) is 5.89. The number of nitrogen functional groups attached to an aromatic ring is 1. The van der Waals surface area contributed by atoms with Crippen molar-refractivity contribution in [2.24, 2.45) is 0 Å². The Bertz CT molecular complexity index is 432. The summed E-state index contributed by atoms with van der Waals surface area (Å²) in [7, 11) is 1.54. The van der Waals surface area contributed by atoms with E-state index in [4.69, 9.17) is 5.73 Å². The summed E-state index contributed by atoms with van der Waals surface area (Å²) in [6, 6.07) is 6.92. The number of carbonyl (C=O) groups excluding carboxylic acids is 2. The number of amides is 2. The van der Waals surface area contributed by atoms with Gasteiger partial charge in [-0.2, -0.15) is 0 Å². The van der Waals surface area contributed by atoms with Gasteiger partial charge < -0.3 is 16.4 Å². The molecule has 1 aromatic rings. The largest absolute Gasteiger partial charge is 0.399 e. The summed E-state index contributed by atoms with van der Waals surface area (Å²) in [5.74, 6) is -0.364. The van der Waals surface area contributed by atoms with Crippen molar-refractivity contribution >= 4 is 17.5 Å². The molecule has 0 aliphatic carbocycles. The van der Waals surface area contributed by atoms with E-state index in [0.717, 1.165) is 5.56 Å². The van der Waals surface area contributed by atoms with E-state index in [-0.39, 0.29) is 11.8 Å². The molecule has 4 N–H and O–H groups in total. The first-order chi connectivity index (χ1) is 8.54. The van der Waals surface area contributed by atoms with E-state index in [1.54, 1.807) is 13.0 Å². The lowest BCUT2D eigenvalue weighted by Crippen LogP contribution is -2.43. The number of nitrogens with two attached hydrogens (primary N) is 1. The highest BCUT2D eigenvalue weighted by Crippen LogP contribution is 2.12. The number of nitrogens with one attached hydrogen (secondary N) is 2. The number of aryl methyl sites for hydroxylation is 1. The number of benzene rings is 1. The molecule has 1 rings (SSSR count). The number of carbonyl (C=O) groups is 2. The molecule has 5 nitrogen and oxygen atoms in total. The van der Waals surface area contributed by atoms with Crippen LogP contribution in [0.1, 0.15) is 18.9 Å². The van der Waals surface area contributed by atoms with Crippen LogP contribution in [-0.4, -0.2) is 24.9 Å². The maximum Gasteiger partial charge on any atom is 0.242 e. The van der Waals surface area contributed by atoms with Crippen molar-refractivity contribution in [3.63, 3.8) is 0 Å². The zero-order chi connectivity index (χ0) is 13.5. The zero-order valence-corrected chi connectivity index (χ0v) is 10.7. The van der Waals surface area contributed by atoms with Crippen LogP contribution in [-0.2, 0) is 16.0 Å². The Morgan fingerprint density at radius 1 is 1.33 bits per heavy atom. The van der Waals surface area contributed by atoms with Gasteiger partial charge in [-0.1, -0.05) is 18.2 Å². The van der Waals surface area contributed by atoms with Crippen molar-refractivity contribution in [1.29, 1.82) is 0 Å². The number of hydrogen-bond donors (Lipinski definition) is 3. The van der Waals surface area contributed by atoms with Gasteiger partial charge in [0.1, 0.15) is 6.04 Å². The monoisotopic (exact) mass is 249 g/mol. The summed E-state index contributed by atoms with van der Waals surface area (Å²) in [6.07, 6.45) is 0.883. The molecule has 2 amide bonds. The van der Waals surface area contributed by atoms with Gasteiger partial charge in [-0.15, -0.1) is 0 Å². The lowest BCUT2D eigenvalue weighted by molar-refractivity contribution is -0.128. The third-order valence-corrected chi connectivity index (χ3v) is 2.69. The Kier molecular flexibility index (Phi) is 5.17. The fourth-order valence-corrected chi connectivity index (χ4v) is 1.61. The quantitative estimate of drug-likeness (QED) is 0.662. The van der Waals surface area contributed by atoms with Crippen molar-refractivity contribution < 1.29 is 9.59 Å². The highest BCUT2D eigenvalue weighted by Gasteiger charge is 2.13. The molecule has 0 saturated heterocycles. The minimum Gasteiger partial charge on any atom is -0.399 e. The van der Waals surface area contributed by atoms with E-state index in [9.17, 15) is 9.59 Å². The molecule has 0 aromatic heterocycles. The number of likely N-dealkylation sites (N-methyl/N-ethyl adjacent to an activating group) is 1. The van der Waals surface area contributed by atoms with E-state index >= 15 is 0 Å². The number of rotatable bonds is 5. The van der Waals surface area contributed by atoms with Crippen LogP contribution in [0.15, 0.2) is 24.3 Å². The Labute approximate surface area is 107 Å². The van der Waals surface area contributed by atoms with Crippen LogP contribution >= 0.6 is 0 Å². The van der Waals surface area contributed by atoms with Crippen LogP contribution in [0.5, 0.6) is 0 Å². The van der Waals surface area contributed by atoms with Gasteiger partial charge in [0.15, 0.2) is 0 Å². The molecular weight excluding hydrogens is 230 g/mol. The van der Waals surface area contributed by atoms with Gasteiger partial charge in [0.25, 0.3) is 0 Å². The molecule has 0 fully saturated rings. The molecule has 0 radical (unpaired) electrons. The van der Waals surface area contributed by atoms with Crippen LogP contribution in [0, 0.1) is 0 Å². The SMILES string of the molecule is CNC(=O)C(C)NC(=O)CCc1ccccc1N. The van der Waals surface area contributed by atoms with Crippen LogP contribution < -0.4 is 16.4 Å². The fraction of sp³-hybridized carbons (Fsp3) is 0.385. The Morgan fingerprint density at radius 3 is 2.61 bits per heavy atom. The van der Waals surface area contributed by atoms with Gasteiger partial charge >= 0.3 is 0 Å². The number of anilines is 1. The summed E-state index contributed by atoms with van der Waals surface area (Å²) < 4.78 is 0. The molecular formula is C13H19N3O2. The van der Waals surface area contributed by atoms with Crippen LogP contribution in [0.2, 0.25) is 0 Å². The lowest BCUT2D eigenvalue weighted by Gasteiger charge is -2.12. The predicted octanol–water partition coefficient (Wildman–Crippen LogP) is 0.452. The minimum absolute atomic E-state index is 0.158. The molecule has 1 unspecified atom stereocenters. The van der Waals surface area contributed by atoms with Gasteiger partial charge in [0, 0.05) is 19.2 Å². The molecule has 0 aliphatic rings. The van der Waals surface area contributed by atoms with Crippen molar-refractivity contribution in [3.05, 3.63) is 29.8 Å². The number of hydrogen-bond acceptors (Lipinski definition) is 3. The van der Waals surface area contributed by atoms with Crippen LogP contribution in [0.3, 0.4) is 0 Å². The summed E-state index contributed by atoms with van der Waals surface area (Å²) in [5, 5.41) is 5.11. The first-order valence-corrected chi connectivity index (χ1v) is 5.89. The third kappa shape index (κ3) is 4.08. The summed E-state index contributed by atoms with van der Waals surface area (Å²) in [5.41, 5.74) is 7.41. The average Bonchev–Trinajstić information content (AvgIpc) is 2.36. The van der Waals surface area contributed by atoms with Crippen molar-refractivity contribution in [2.45, 2.75) is 25.8 Å². The predicted molar refractivity (Wildman–Crippen MR) is 70.8 cm³/mol. The second-order valence-electron chi connectivity index (χ2n) is 4.10. The highest BCUT2D eigenvalue weighted by atomic mass is 16.2. The third-order valence-electron chi connectivity index (χ3n) is 2.69. The average molecular weight is 249 g/mol. The second kappa shape index (κ2) is 6.64. The van der Waals surface area contributed by atoms with Crippen molar-refractivity contribution in [3.8, 4) is 0 Å². The zero-order valence-electron chi connectivity index (χ0n) is 10.7. The summed E-state index contributed by atoms with van der Waals surface area (Å²) in [4.78, 5) is 22.9. The van der Waals surface area contributed by atoms with E-state index in [1.165, 1.54) is 7.05 Å². The van der Waals surface area contributed by atoms with Gasteiger partial charge in [-0.05, 0) is 25.0 Å². The van der Waals surface area contributed by atoms with Crippen LogP contribution in [0.4, 0.5) is 5.69 Å². The topological polar surface area (TPSA) is 84.2 Å². The molecule has 0 spiro atoms. The Hall–Kier alpha value is -2.04.